The molecule has 0 atom stereocenters. The van der Waals surface area contributed by atoms with Crippen molar-refractivity contribution in [3.05, 3.63) is 35.0 Å². The van der Waals surface area contributed by atoms with Crippen LogP contribution in [-0.2, 0) is 13.1 Å². The molecule has 1 aromatic carbocycles. The van der Waals surface area contributed by atoms with Crippen molar-refractivity contribution in [2.45, 2.75) is 38.1 Å². The summed E-state index contributed by atoms with van der Waals surface area (Å²) in [6, 6.07) is 5.84. The van der Waals surface area contributed by atoms with Crippen LogP contribution in [-0.4, -0.2) is 41.8 Å². The van der Waals surface area contributed by atoms with Crippen LogP contribution in [0.15, 0.2) is 24.4 Å². The topological polar surface area (TPSA) is 20.2 Å². The monoisotopic (exact) mass is 359 g/mol. The lowest BCUT2D eigenvalue weighted by molar-refractivity contribution is -0.139. The van der Waals surface area contributed by atoms with Gasteiger partial charge in [-0.25, -0.2) is 0 Å². The van der Waals surface area contributed by atoms with Crippen molar-refractivity contribution >= 4 is 22.5 Å². The van der Waals surface area contributed by atoms with Gasteiger partial charge in [0.05, 0.1) is 10.5 Å². The lowest BCUT2D eigenvalue weighted by Gasteiger charge is -2.29. The number of rotatable bonds is 4. The molecule has 1 aliphatic rings. The SMILES string of the molecule is CN1CCC(NCc2cc(Cl)c3c(ccn3CC(F)(F)F)c2)CC1. The first kappa shape index (κ1) is 17.6. The predicted octanol–water partition coefficient (Wildman–Crippen LogP) is 4.04. The van der Waals surface area contributed by atoms with E-state index >= 15 is 0 Å². The third-order valence-electron chi connectivity index (χ3n) is 4.54. The van der Waals surface area contributed by atoms with E-state index in [9.17, 15) is 13.2 Å². The van der Waals surface area contributed by atoms with Crippen LogP contribution in [0.1, 0.15) is 18.4 Å². The quantitative estimate of drug-likeness (QED) is 0.889. The van der Waals surface area contributed by atoms with Gasteiger partial charge in [0.25, 0.3) is 0 Å². The molecule has 0 spiro atoms. The summed E-state index contributed by atoms with van der Waals surface area (Å²) in [5.41, 5.74) is 1.44. The van der Waals surface area contributed by atoms with E-state index < -0.39 is 12.7 Å². The van der Waals surface area contributed by atoms with Gasteiger partial charge in [0.15, 0.2) is 0 Å². The van der Waals surface area contributed by atoms with E-state index in [1.54, 1.807) is 12.1 Å². The van der Waals surface area contributed by atoms with Crippen molar-refractivity contribution in [2.24, 2.45) is 0 Å². The van der Waals surface area contributed by atoms with Crippen molar-refractivity contribution in [2.75, 3.05) is 20.1 Å². The summed E-state index contributed by atoms with van der Waals surface area (Å²) in [6.07, 6.45) is -0.606. The molecule has 7 heteroatoms. The summed E-state index contributed by atoms with van der Waals surface area (Å²) in [4.78, 5) is 2.31. The van der Waals surface area contributed by atoms with Crippen molar-refractivity contribution < 1.29 is 13.2 Å². The molecule has 0 amide bonds. The number of nitrogens with zero attached hydrogens (tertiary/aromatic N) is 2. The number of hydrogen-bond acceptors (Lipinski definition) is 2. The molecule has 3 nitrogen and oxygen atoms in total. The molecule has 24 heavy (non-hydrogen) atoms. The van der Waals surface area contributed by atoms with Crippen LogP contribution in [0.25, 0.3) is 10.9 Å². The first-order valence-electron chi connectivity index (χ1n) is 8.08. The van der Waals surface area contributed by atoms with E-state index in [1.807, 2.05) is 6.07 Å². The lowest BCUT2D eigenvalue weighted by Crippen LogP contribution is -2.40. The molecule has 0 saturated carbocycles. The molecule has 1 fully saturated rings. The zero-order chi connectivity index (χ0) is 17.3. The van der Waals surface area contributed by atoms with Crippen LogP contribution >= 0.6 is 11.6 Å². The number of benzene rings is 1. The zero-order valence-electron chi connectivity index (χ0n) is 13.5. The number of nitrogens with one attached hydrogen (secondary N) is 1. The molecule has 3 rings (SSSR count). The van der Waals surface area contributed by atoms with Crippen molar-refractivity contribution in [3.63, 3.8) is 0 Å². The van der Waals surface area contributed by atoms with Crippen LogP contribution in [0.5, 0.6) is 0 Å². The van der Waals surface area contributed by atoms with Gasteiger partial charge < -0.3 is 14.8 Å². The minimum Gasteiger partial charge on any atom is -0.337 e. The smallest absolute Gasteiger partial charge is 0.337 e. The van der Waals surface area contributed by atoms with Crippen molar-refractivity contribution in [3.8, 4) is 0 Å². The lowest BCUT2D eigenvalue weighted by atomic mass is 10.0. The maximum absolute atomic E-state index is 12.6. The van der Waals surface area contributed by atoms with E-state index in [0.717, 1.165) is 41.4 Å². The number of fused-ring (bicyclic) bond motifs is 1. The van der Waals surface area contributed by atoms with Crippen LogP contribution < -0.4 is 5.32 Å². The molecule has 1 saturated heterocycles. The molecule has 2 heterocycles. The molecule has 2 aromatic rings. The third kappa shape index (κ3) is 4.23. The third-order valence-corrected chi connectivity index (χ3v) is 4.83. The second kappa shape index (κ2) is 6.94. The molecule has 1 N–H and O–H groups in total. The Balaban J connectivity index is 1.72. The zero-order valence-corrected chi connectivity index (χ0v) is 14.3. The van der Waals surface area contributed by atoms with E-state index in [4.69, 9.17) is 11.6 Å². The number of likely N-dealkylation sites (tertiary alicyclic amines) is 1. The summed E-state index contributed by atoms with van der Waals surface area (Å²) < 4.78 is 39.1. The minimum absolute atomic E-state index is 0.363. The van der Waals surface area contributed by atoms with Crippen LogP contribution in [0.4, 0.5) is 13.2 Å². The number of aromatic nitrogens is 1. The molecule has 0 aliphatic carbocycles. The highest BCUT2D eigenvalue weighted by molar-refractivity contribution is 6.35. The molecule has 1 aromatic heterocycles. The maximum Gasteiger partial charge on any atom is 0.406 e. The molecule has 0 unspecified atom stereocenters. The first-order chi connectivity index (χ1) is 11.3. The minimum atomic E-state index is -4.26. The number of alkyl halides is 3. The van der Waals surface area contributed by atoms with Gasteiger partial charge in [0.2, 0.25) is 0 Å². The van der Waals surface area contributed by atoms with E-state index in [2.05, 4.69) is 17.3 Å². The summed E-state index contributed by atoms with van der Waals surface area (Å²) in [5.74, 6) is 0. The Hall–Kier alpha value is -1.24. The van der Waals surface area contributed by atoms with Crippen LogP contribution in [0, 0.1) is 0 Å². The van der Waals surface area contributed by atoms with Gasteiger partial charge in [0, 0.05) is 24.2 Å². The fraction of sp³-hybridized carbons (Fsp3) is 0.529. The Morgan fingerprint density at radius 1 is 1.25 bits per heavy atom. The fourth-order valence-electron chi connectivity index (χ4n) is 3.26. The Morgan fingerprint density at radius 2 is 1.96 bits per heavy atom. The van der Waals surface area contributed by atoms with Gasteiger partial charge in [-0.2, -0.15) is 13.2 Å². The van der Waals surface area contributed by atoms with Crippen LogP contribution in [0.2, 0.25) is 5.02 Å². The van der Waals surface area contributed by atoms with Gasteiger partial charge in [0.1, 0.15) is 6.54 Å². The summed E-state index contributed by atoms with van der Waals surface area (Å²) in [6.45, 7) is 1.81. The average molecular weight is 360 g/mol. The van der Waals surface area contributed by atoms with Crippen molar-refractivity contribution in [1.29, 1.82) is 0 Å². The van der Waals surface area contributed by atoms with Gasteiger partial charge in [-0.3, -0.25) is 0 Å². The van der Waals surface area contributed by atoms with Gasteiger partial charge in [-0.05, 0) is 56.7 Å². The normalized spacial score (nSPS) is 17.7. The Kier molecular flexibility index (Phi) is 5.08. The number of hydrogen-bond donors (Lipinski definition) is 1. The number of piperidine rings is 1. The van der Waals surface area contributed by atoms with E-state index in [1.165, 1.54) is 6.20 Å². The second-order valence-electron chi connectivity index (χ2n) is 6.53. The van der Waals surface area contributed by atoms with Gasteiger partial charge in [-0.15, -0.1) is 0 Å². The Morgan fingerprint density at radius 3 is 2.62 bits per heavy atom. The summed E-state index contributed by atoms with van der Waals surface area (Å²) >= 11 is 6.26. The van der Waals surface area contributed by atoms with Crippen LogP contribution in [0.3, 0.4) is 0 Å². The predicted molar refractivity (Wildman–Crippen MR) is 90.4 cm³/mol. The van der Waals surface area contributed by atoms with Gasteiger partial charge >= 0.3 is 6.18 Å². The molecule has 132 valence electrons. The molecule has 0 radical (unpaired) electrons. The molecular formula is C17H21ClF3N3. The Labute approximate surface area is 144 Å². The van der Waals surface area contributed by atoms with Gasteiger partial charge in [-0.1, -0.05) is 11.6 Å². The van der Waals surface area contributed by atoms with E-state index in [0.29, 0.717) is 23.1 Å². The average Bonchev–Trinajstić information content (AvgIpc) is 2.88. The fourth-order valence-corrected chi connectivity index (χ4v) is 3.61. The molecule has 0 bridgehead atoms. The van der Waals surface area contributed by atoms with E-state index in [-0.39, 0.29) is 0 Å². The highest BCUT2D eigenvalue weighted by Gasteiger charge is 2.28. The standard InChI is InChI=1S/C17H21ClF3N3/c1-23-5-3-14(4-6-23)22-10-12-8-13-2-7-24(11-17(19,20)21)16(13)15(18)9-12/h2,7-9,14,22H,3-6,10-11H2,1H3. The highest BCUT2D eigenvalue weighted by Crippen LogP contribution is 2.29. The van der Waals surface area contributed by atoms with Crippen molar-refractivity contribution in [1.82, 2.24) is 14.8 Å². The highest BCUT2D eigenvalue weighted by atomic mass is 35.5. The Bertz CT molecular complexity index is 703. The summed E-state index contributed by atoms with van der Waals surface area (Å²) in [7, 11) is 2.12. The molecule has 1 aliphatic heterocycles. The molecular weight excluding hydrogens is 339 g/mol. The maximum atomic E-state index is 12.6. The first-order valence-corrected chi connectivity index (χ1v) is 8.45. The summed E-state index contributed by atoms with van der Waals surface area (Å²) in [5, 5.41) is 4.63. The largest absolute Gasteiger partial charge is 0.406 e. The number of halogens is 4. The second-order valence-corrected chi connectivity index (χ2v) is 6.94.